The zero-order chi connectivity index (χ0) is 13.5. The molecule has 0 amide bonds. The smallest absolute Gasteiger partial charge is 0.140 e. The molecule has 102 valence electrons. The molecule has 0 bridgehead atoms. The van der Waals surface area contributed by atoms with Crippen LogP contribution >= 0.6 is 0 Å². The molecular formula is C14H20N4O. The number of hydrogen-bond donors (Lipinski definition) is 1. The summed E-state index contributed by atoms with van der Waals surface area (Å²) in [5.41, 5.74) is 1.20. The van der Waals surface area contributed by atoms with Gasteiger partial charge >= 0.3 is 0 Å². The van der Waals surface area contributed by atoms with Crippen molar-refractivity contribution < 1.29 is 4.74 Å². The van der Waals surface area contributed by atoms with E-state index < -0.39 is 0 Å². The maximum Gasteiger partial charge on any atom is 0.140 e. The number of hydrogen-bond acceptors (Lipinski definition) is 4. The second-order valence-electron chi connectivity index (χ2n) is 4.18. The second-order valence-corrected chi connectivity index (χ2v) is 4.18. The van der Waals surface area contributed by atoms with Crippen LogP contribution in [0.25, 0.3) is 0 Å². The average molecular weight is 260 g/mol. The lowest BCUT2D eigenvalue weighted by Gasteiger charge is -2.08. The monoisotopic (exact) mass is 260 g/mol. The van der Waals surface area contributed by atoms with Crippen molar-refractivity contribution in [1.29, 1.82) is 0 Å². The first-order valence-electron chi connectivity index (χ1n) is 6.62. The fourth-order valence-electron chi connectivity index (χ4n) is 1.92. The first kappa shape index (κ1) is 13.5. The van der Waals surface area contributed by atoms with Gasteiger partial charge in [0.1, 0.15) is 17.9 Å². The number of nitrogens with one attached hydrogen (secondary N) is 1. The highest BCUT2D eigenvalue weighted by Crippen LogP contribution is 2.13. The first-order valence-corrected chi connectivity index (χ1v) is 6.62. The minimum atomic E-state index is 0.691. The van der Waals surface area contributed by atoms with Crippen molar-refractivity contribution >= 4 is 0 Å². The predicted octanol–water partition coefficient (Wildman–Crippen LogP) is 1.99. The fourth-order valence-corrected chi connectivity index (χ4v) is 1.92. The molecule has 2 rings (SSSR count). The molecular weight excluding hydrogens is 240 g/mol. The topological polar surface area (TPSA) is 52.0 Å². The average Bonchev–Trinajstić information content (AvgIpc) is 2.87. The number of aryl methyl sites for hydroxylation is 1. The van der Waals surface area contributed by atoms with Crippen LogP contribution < -0.4 is 10.1 Å². The van der Waals surface area contributed by atoms with Crippen LogP contribution in [-0.4, -0.2) is 21.4 Å². The molecule has 1 aromatic carbocycles. The number of ether oxygens (including phenoxy) is 1. The van der Waals surface area contributed by atoms with Crippen LogP contribution in [-0.2, 0) is 19.6 Å². The lowest BCUT2D eigenvalue weighted by molar-refractivity contribution is 0.340. The van der Waals surface area contributed by atoms with Gasteiger partial charge in [-0.1, -0.05) is 12.1 Å². The van der Waals surface area contributed by atoms with Crippen molar-refractivity contribution in [2.45, 2.75) is 33.5 Å². The van der Waals surface area contributed by atoms with Crippen LogP contribution in [0, 0.1) is 0 Å². The first-order chi connectivity index (χ1) is 9.33. The van der Waals surface area contributed by atoms with Gasteiger partial charge in [0.25, 0.3) is 0 Å². The molecule has 0 aliphatic rings. The molecule has 0 atom stereocenters. The summed E-state index contributed by atoms with van der Waals surface area (Å²) in [7, 11) is 0. The maximum atomic E-state index is 5.48. The van der Waals surface area contributed by atoms with Gasteiger partial charge in [-0.3, -0.25) is 0 Å². The third-order valence-corrected chi connectivity index (χ3v) is 2.82. The van der Waals surface area contributed by atoms with E-state index >= 15 is 0 Å². The molecule has 0 aliphatic heterocycles. The minimum absolute atomic E-state index is 0.691. The summed E-state index contributed by atoms with van der Waals surface area (Å²) in [6, 6.07) is 8.12. The largest absolute Gasteiger partial charge is 0.494 e. The van der Waals surface area contributed by atoms with Gasteiger partial charge in [-0.25, -0.2) is 9.67 Å². The summed E-state index contributed by atoms with van der Waals surface area (Å²) in [5.74, 6) is 1.88. The Labute approximate surface area is 113 Å². The molecule has 5 heteroatoms. The van der Waals surface area contributed by atoms with Crippen LogP contribution in [0.5, 0.6) is 5.75 Å². The minimum Gasteiger partial charge on any atom is -0.494 e. The maximum absolute atomic E-state index is 5.48. The van der Waals surface area contributed by atoms with E-state index in [2.05, 4.69) is 34.5 Å². The normalized spacial score (nSPS) is 10.6. The number of benzene rings is 1. The predicted molar refractivity (Wildman–Crippen MR) is 73.9 cm³/mol. The molecule has 0 saturated carbocycles. The van der Waals surface area contributed by atoms with Crippen molar-refractivity contribution in [1.82, 2.24) is 20.1 Å². The van der Waals surface area contributed by atoms with E-state index in [0.717, 1.165) is 24.7 Å². The Balaban J connectivity index is 1.87. The highest BCUT2D eigenvalue weighted by molar-refractivity contribution is 5.28. The molecule has 0 saturated heterocycles. The molecule has 5 nitrogen and oxygen atoms in total. The third kappa shape index (κ3) is 3.79. The van der Waals surface area contributed by atoms with Crippen molar-refractivity contribution in [2.75, 3.05) is 6.61 Å². The lowest BCUT2D eigenvalue weighted by atomic mass is 10.2. The van der Waals surface area contributed by atoms with Crippen LogP contribution in [0.4, 0.5) is 0 Å². The van der Waals surface area contributed by atoms with E-state index in [-0.39, 0.29) is 0 Å². The summed E-state index contributed by atoms with van der Waals surface area (Å²) in [5, 5.41) is 7.51. The van der Waals surface area contributed by atoms with Gasteiger partial charge in [0.05, 0.1) is 13.2 Å². The Morgan fingerprint density at radius 2 is 2.16 bits per heavy atom. The van der Waals surface area contributed by atoms with E-state index in [0.29, 0.717) is 13.2 Å². The van der Waals surface area contributed by atoms with Gasteiger partial charge in [0.2, 0.25) is 0 Å². The van der Waals surface area contributed by atoms with Crippen molar-refractivity contribution in [3.8, 4) is 5.75 Å². The molecule has 1 aromatic heterocycles. The lowest BCUT2D eigenvalue weighted by Crippen LogP contribution is -2.17. The standard InChI is InChI=1S/C14H20N4O/c1-3-18-14(16-11-17-18)10-15-9-12-6-5-7-13(8-12)19-4-2/h5-8,11,15H,3-4,9-10H2,1-2H3. The Morgan fingerprint density at radius 1 is 1.26 bits per heavy atom. The highest BCUT2D eigenvalue weighted by atomic mass is 16.5. The summed E-state index contributed by atoms with van der Waals surface area (Å²) < 4.78 is 7.37. The van der Waals surface area contributed by atoms with E-state index in [4.69, 9.17) is 4.74 Å². The zero-order valence-corrected chi connectivity index (χ0v) is 11.5. The van der Waals surface area contributed by atoms with E-state index in [1.165, 1.54) is 5.56 Å². The third-order valence-electron chi connectivity index (χ3n) is 2.82. The summed E-state index contributed by atoms with van der Waals surface area (Å²) in [6.45, 7) is 7.09. The Kier molecular flexibility index (Phi) is 4.92. The molecule has 2 aromatic rings. The summed E-state index contributed by atoms with van der Waals surface area (Å²) in [4.78, 5) is 4.23. The molecule has 1 heterocycles. The van der Waals surface area contributed by atoms with Crippen LogP contribution in [0.2, 0.25) is 0 Å². The van der Waals surface area contributed by atoms with Gasteiger partial charge < -0.3 is 10.1 Å². The molecule has 0 aliphatic carbocycles. The zero-order valence-electron chi connectivity index (χ0n) is 11.5. The molecule has 1 N–H and O–H groups in total. The Bertz CT molecular complexity index is 510. The Morgan fingerprint density at radius 3 is 2.95 bits per heavy atom. The van der Waals surface area contributed by atoms with Crippen molar-refractivity contribution in [3.63, 3.8) is 0 Å². The molecule has 0 radical (unpaired) electrons. The van der Waals surface area contributed by atoms with Crippen LogP contribution in [0.15, 0.2) is 30.6 Å². The van der Waals surface area contributed by atoms with Gasteiger partial charge in [0.15, 0.2) is 0 Å². The number of aromatic nitrogens is 3. The number of rotatable bonds is 7. The van der Waals surface area contributed by atoms with Crippen molar-refractivity contribution in [2.24, 2.45) is 0 Å². The molecule has 0 spiro atoms. The summed E-state index contributed by atoms with van der Waals surface area (Å²) >= 11 is 0. The van der Waals surface area contributed by atoms with Crippen LogP contribution in [0.1, 0.15) is 25.2 Å². The van der Waals surface area contributed by atoms with Gasteiger partial charge in [-0.2, -0.15) is 5.10 Å². The number of nitrogens with zero attached hydrogens (tertiary/aromatic N) is 3. The van der Waals surface area contributed by atoms with Crippen LogP contribution in [0.3, 0.4) is 0 Å². The van der Waals surface area contributed by atoms with Gasteiger partial charge in [0, 0.05) is 13.1 Å². The Hall–Kier alpha value is -1.88. The van der Waals surface area contributed by atoms with E-state index in [1.807, 2.05) is 23.7 Å². The molecule has 0 fully saturated rings. The molecule has 0 unspecified atom stereocenters. The summed E-state index contributed by atoms with van der Waals surface area (Å²) in [6.07, 6.45) is 1.59. The van der Waals surface area contributed by atoms with Gasteiger partial charge in [-0.15, -0.1) is 0 Å². The quantitative estimate of drug-likeness (QED) is 0.827. The highest BCUT2D eigenvalue weighted by Gasteiger charge is 2.02. The van der Waals surface area contributed by atoms with Crippen molar-refractivity contribution in [3.05, 3.63) is 42.0 Å². The fraction of sp³-hybridized carbons (Fsp3) is 0.429. The molecule has 19 heavy (non-hydrogen) atoms. The van der Waals surface area contributed by atoms with E-state index in [9.17, 15) is 0 Å². The SMILES string of the molecule is CCOc1cccc(CNCc2ncnn2CC)c1. The second kappa shape index (κ2) is 6.89. The van der Waals surface area contributed by atoms with Gasteiger partial charge in [-0.05, 0) is 31.5 Å². The van der Waals surface area contributed by atoms with E-state index in [1.54, 1.807) is 6.33 Å².